The molecule has 0 radical (unpaired) electrons. The standard InChI is InChI=1S/C24H22N2O5S/c1-24(2)13-18(21-19(30-3)12-11-16(14-25)22(21)31-24)23(27)26-32(28,29)20-10-6-8-15-7-4-5-9-17(15)20/h4-12,18H,13H2,1-3H3,(H,26,27)/t18-/m0/s1. The van der Waals surface area contributed by atoms with Crippen LogP contribution in [0.4, 0.5) is 0 Å². The number of nitriles is 1. The summed E-state index contributed by atoms with van der Waals surface area (Å²) in [7, 11) is -2.71. The molecule has 0 saturated heterocycles. The van der Waals surface area contributed by atoms with E-state index in [2.05, 4.69) is 10.8 Å². The fraction of sp³-hybridized carbons (Fsp3) is 0.250. The van der Waals surface area contributed by atoms with Crippen molar-refractivity contribution in [3.05, 3.63) is 65.7 Å². The molecule has 3 aromatic carbocycles. The average molecular weight is 451 g/mol. The highest BCUT2D eigenvalue weighted by atomic mass is 32.2. The molecule has 7 nitrogen and oxygen atoms in total. The van der Waals surface area contributed by atoms with Gasteiger partial charge < -0.3 is 9.47 Å². The Labute approximate surface area is 186 Å². The van der Waals surface area contributed by atoms with Crippen LogP contribution in [0, 0.1) is 11.3 Å². The largest absolute Gasteiger partial charge is 0.496 e. The van der Waals surface area contributed by atoms with Crippen molar-refractivity contribution in [3.8, 4) is 17.6 Å². The molecule has 32 heavy (non-hydrogen) atoms. The minimum atomic E-state index is -4.16. The van der Waals surface area contributed by atoms with Gasteiger partial charge in [0, 0.05) is 11.8 Å². The molecule has 1 aliphatic rings. The van der Waals surface area contributed by atoms with E-state index in [1.54, 1.807) is 44.2 Å². The van der Waals surface area contributed by atoms with Gasteiger partial charge in [-0.25, -0.2) is 13.1 Å². The Morgan fingerprint density at radius 3 is 2.59 bits per heavy atom. The number of ether oxygens (including phenoxy) is 2. The Kier molecular flexibility index (Phi) is 5.31. The number of methoxy groups -OCH3 is 1. The summed E-state index contributed by atoms with van der Waals surface area (Å²) in [6.45, 7) is 3.58. The van der Waals surface area contributed by atoms with Gasteiger partial charge in [-0.15, -0.1) is 0 Å². The monoisotopic (exact) mass is 450 g/mol. The van der Waals surface area contributed by atoms with Crippen LogP contribution >= 0.6 is 0 Å². The van der Waals surface area contributed by atoms with Crippen molar-refractivity contribution < 1.29 is 22.7 Å². The van der Waals surface area contributed by atoms with Crippen LogP contribution in [0.3, 0.4) is 0 Å². The topological polar surface area (TPSA) is 105 Å². The molecule has 1 atom stereocenters. The Morgan fingerprint density at radius 2 is 1.88 bits per heavy atom. The molecule has 4 rings (SSSR count). The molecule has 0 bridgehead atoms. The second-order valence-corrected chi connectivity index (χ2v) is 9.89. The normalized spacial score (nSPS) is 17.0. The molecule has 164 valence electrons. The second-order valence-electron chi connectivity index (χ2n) is 8.24. The lowest BCUT2D eigenvalue weighted by molar-refractivity contribution is -0.122. The molecule has 0 saturated carbocycles. The maximum atomic E-state index is 13.4. The van der Waals surface area contributed by atoms with Crippen molar-refractivity contribution in [1.29, 1.82) is 5.26 Å². The first-order valence-corrected chi connectivity index (χ1v) is 11.5. The van der Waals surface area contributed by atoms with E-state index in [4.69, 9.17) is 9.47 Å². The quantitative estimate of drug-likeness (QED) is 0.647. The van der Waals surface area contributed by atoms with Crippen molar-refractivity contribution in [3.63, 3.8) is 0 Å². The van der Waals surface area contributed by atoms with Crippen LogP contribution in [0.1, 0.15) is 37.3 Å². The summed E-state index contributed by atoms with van der Waals surface area (Å²) in [5, 5.41) is 10.8. The number of hydrogen-bond acceptors (Lipinski definition) is 6. The molecular weight excluding hydrogens is 428 g/mol. The van der Waals surface area contributed by atoms with Crippen LogP contribution in [-0.2, 0) is 14.8 Å². The molecule has 1 aliphatic heterocycles. The first kappa shape index (κ1) is 21.7. The van der Waals surface area contributed by atoms with Gasteiger partial charge in [0.25, 0.3) is 10.0 Å². The van der Waals surface area contributed by atoms with Gasteiger partial charge in [0.15, 0.2) is 0 Å². The van der Waals surface area contributed by atoms with Gasteiger partial charge in [0.1, 0.15) is 23.2 Å². The molecule has 1 amide bonds. The van der Waals surface area contributed by atoms with Gasteiger partial charge in [0.2, 0.25) is 5.91 Å². The van der Waals surface area contributed by atoms with E-state index in [1.807, 2.05) is 18.2 Å². The Bertz CT molecular complexity index is 1370. The lowest BCUT2D eigenvalue weighted by Crippen LogP contribution is -2.42. The third-order valence-electron chi connectivity index (χ3n) is 5.51. The molecule has 1 N–H and O–H groups in total. The number of fused-ring (bicyclic) bond motifs is 2. The molecular formula is C24H22N2O5S. The lowest BCUT2D eigenvalue weighted by Gasteiger charge is -2.37. The van der Waals surface area contributed by atoms with Crippen LogP contribution in [0.2, 0.25) is 0 Å². The molecule has 8 heteroatoms. The molecule has 0 aromatic heterocycles. The number of nitrogens with zero attached hydrogens (tertiary/aromatic N) is 1. The van der Waals surface area contributed by atoms with Crippen LogP contribution in [0.15, 0.2) is 59.5 Å². The van der Waals surface area contributed by atoms with Crippen LogP contribution in [0.25, 0.3) is 10.8 Å². The maximum Gasteiger partial charge on any atom is 0.264 e. The maximum absolute atomic E-state index is 13.4. The lowest BCUT2D eigenvalue weighted by atomic mass is 9.82. The van der Waals surface area contributed by atoms with E-state index in [9.17, 15) is 18.5 Å². The third kappa shape index (κ3) is 3.76. The first-order chi connectivity index (χ1) is 15.2. The van der Waals surface area contributed by atoms with Crippen molar-refractivity contribution in [2.75, 3.05) is 7.11 Å². The number of sulfonamides is 1. The van der Waals surface area contributed by atoms with E-state index in [-0.39, 0.29) is 22.6 Å². The predicted octanol–water partition coefficient (Wildman–Crippen LogP) is 3.87. The zero-order chi connectivity index (χ0) is 23.1. The van der Waals surface area contributed by atoms with Gasteiger partial charge in [-0.3, -0.25) is 4.79 Å². The zero-order valence-corrected chi connectivity index (χ0v) is 18.7. The number of carbonyl (C=O) groups is 1. The molecule has 0 unspecified atom stereocenters. The minimum absolute atomic E-state index is 0.0215. The summed E-state index contributed by atoms with van der Waals surface area (Å²) in [5.74, 6) is -0.992. The summed E-state index contributed by atoms with van der Waals surface area (Å²) in [6, 6.07) is 17.2. The SMILES string of the molecule is COc1ccc(C#N)c2c1[C@@H](C(=O)NS(=O)(=O)c1cccc3ccccc13)CC(C)(C)O2. The van der Waals surface area contributed by atoms with Crippen molar-refractivity contribution in [1.82, 2.24) is 4.72 Å². The highest BCUT2D eigenvalue weighted by Gasteiger charge is 2.42. The van der Waals surface area contributed by atoms with Gasteiger partial charge in [0.05, 0.1) is 29.1 Å². The van der Waals surface area contributed by atoms with Crippen molar-refractivity contribution in [2.24, 2.45) is 0 Å². The minimum Gasteiger partial charge on any atom is -0.496 e. The summed E-state index contributed by atoms with van der Waals surface area (Å²) < 4.78 is 40.1. The van der Waals surface area contributed by atoms with Crippen molar-refractivity contribution >= 4 is 26.7 Å². The average Bonchev–Trinajstić information content (AvgIpc) is 2.76. The summed E-state index contributed by atoms with van der Waals surface area (Å²) in [4.78, 5) is 13.4. The van der Waals surface area contributed by atoms with E-state index in [0.29, 0.717) is 16.7 Å². The number of rotatable bonds is 4. The fourth-order valence-corrected chi connectivity index (χ4v) is 5.36. The van der Waals surface area contributed by atoms with Crippen LogP contribution in [0.5, 0.6) is 11.5 Å². The van der Waals surface area contributed by atoms with Gasteiger partial charge >= 0.3 is 0 Å². The second kappa shape index (κ2) is 7.84. The van der Waals surface area contributed by atoms with Crippen LogP contribution in [-0.4, -0.2) is 27.0 Å². The van der Waals surface area contributed by atoms with Crippen LogP contribution < -0.4 is 14.2 Å². The first-order valence-electron chi connectivity index (χ1n) is 10.0. The molecule has 0 spiro atoms. The van der Waals surface area contributed by atoms with E-state index < -0.39 is 27.4 Å². The van der Waals surface area contributed by atoms with E-state index in [0.717, 1.165) is 5.39 Å². The Balaban J connectivity index is 1.78. The van der Waals surface area contributed by atoms with Gasteiger partial charge in [-0.2, -0.15) is 5.26 Å². The Morgan fingerprint density at radius 1 is 1.16 bits per heavy atom. The smallest absolute Gasteiger partial charge is 0.264 e. The molecule has 3 aromatic rings. The third-order valence-corrected chi connectivity index (χ3v) is 6.91. The molecule has 0 aliphatic carbocycles. The number of carbonyl (C=O) groups excluding carboxylic acids is 1. The fourth-order valence-electron chi connectivity index (χ4n) is 4.11. The number of hydrogen-bond donors (Lipinski definition) is 1. The number of benzene rings is 3. The van der Waals surface area contributed by atoms with Gasteiger partial charge in [-0.05, 0) is 37.4 Å². The van der Waals surface area contributed by atoms with Crippen molar-refractivity contribution in [2.45, 2.75) is 36.7 Å². The van der Waals surface area contributed by atoms with E-state index in [1.165, 1.54) is 13.2 Å². The molecule has 0 fully saturated rings. The Hall–Kier alpha value is -3.57. The summed E-state index contributed by atoms with van der Waals surface area (Å²) >= 11 is 0. The highest BCUT2D eigenvalue weighted by Crippen LogP contribution is 2.47. The van der Waals surface area contributed by atoms with E-state index >= 15 is 0 Å². The summed E-state index contributed by atoms with van der Waals surface area (Å²) in [6.07, 6.45) is 0.210. The predicted molar refractivity (Wildman–Crippen MR) is 119 cm³/mol. The zero-order valence-electron chi connectivity index (χ0n) is 17.9. The number of nitrogens with one attached hydrogen (secondary N) is 1. The highest BCUT2D eigenvalue weighted by molar-refractivity contribution is 7.90. The van der Waals surface area contributed by atoms with Gasteiger partial charge in [-0.1, -0.05) is 36.4 Å². The molecule has 1 heterocycles. The summed E-state index contributed by atoms with van der Waals surface area (Å²) in [5.41, 5.74) is -0.171. The number of amides is 1.